The SMILES string of the molecule is FC(F)(F)COCc1nnc2ccc(Cl)nn12. The molecule has 5 nitrogen and oxygen atoms in total. The molecule has 0 atom stereocenters. The molecule has 0 N–H and O–H groups in total. The maximum absolute atomic E-state index is 11.9. The zero-order chi connectivity index (χ0) is 12.5. The monoisotopic (exact) mass is 266 g/mol. The van der Waals surface area contributed by atoms with Crippen LogP contribution in [0.1, 0.15) is 5.82 Å². The van der Waals surface area contributed by atoms with Gasteiger partial charge in [-0.3, -0.25) is 0 Å². The number of rotatable bonds is 3. The van der Waals surface area contributed by atoms with Crippen LogP contribution in [0.5, 0.6) is 0 Å². The van der Waals surface area contributed by atoms with E-state index in [1.165, 1.54) is 10.6 Å². The molecule has 0 aromatic carbocycles. The van der Waals surface area contributed by atoms with E-state index in [1.54, 1.807) is 6.07 Å². The molecule has 17 heavy (non-hydrogen) atoms. The van der Waals surface area contributed by atoms with Crippen LogP contribution in [0, 0.1) is 0 Å². The molecule has 0 bridgehead atoms. The number of aromatic nitrogens is 4. The van der Waals surface area contributed by atoms with Crippen molar-refractivity contribution in [3.8, 4) is 0 Å². The van der Waals surface area contributed by atoms with Crippen molar-refractivity contribution in [2.75, 3.05) is 6.61 Å². The van der Waals surface area contributed by atoms with Crippen LogP contribution in [0.2, 0.25) is 5.15 Å². The summed E-state index contributed by atoms with van der Waals surface area (Å²) in [5.74, 6) is 0.159. The fraction of sp³-hybridized carbons (Fsp3) is 0.375. The van der Waals surface area contributed by atoms with Crippen molar-refractivity contribution in [3.63, 3.8) is 0 Å². The Bertz CT molecular complexity index is 527. The molecule has 2 heterocycles. The zero-order valence-electron chi connectivity index (χ0n) is 8.28. The van der Waals surface area contributed by atoms with E-state index in [4.69, 9.17) is 11.6 Å². The molecule has 2 aromatic rings. The van der Waals surface area contributed by atoms with Crippen molar-refractivity contribution in [3.05, 3.63) is 23.1 Å². The molecule has 0 radical (unpaired) electrons. The average Bonchev–Trinajstić information content (AvgIpc) is 2.59. The third-order valence-electron chi connectivity index (χ3n) is 1.79. The summed E-state index contributed by atoms with van der Waals surface area (Å²) in [6, 6.07) is 3.06. The maximum atomic E-state index is 11.9. The van der Waals surface area contributed by atoms with Crippen LogP contribution in [-0.4, -0.2) is 32.6 Å². The van der Waals surface area contributed by atoms with Crippen LogP contribution >= 0.6 is 11.6 Å². The molecule has 0 fully saturated rings. The lowest BCUT2D eigenvalue weighted by molar-refractivity contribution is -0.177. The third kappa shape index (κ3) is 3.04. The summed E-state index contributed by atoms with van der Waals surface area (Å²) in [6.07, 6.45) is -4.37. The Balaban J connectivity index is 2.11. The quantitative estimate of drug-likeness (QED) is 0.851. The van der Waals surface area contributed by atoms with Crippen LogP contribution in [-0.2, 0) is 11.3 Å². The molecule has 0 aliphatic rings. The van der Waals surface area contributed by atoms with Gasteiger partial charge in [0.25, 0.3) is 0 Å². The van der Waals surface area contributed by atoms with Crippen molar-refractivity contribution in [2.24, 2.45) is 0 Å². The van der Waals surface area contributed by atoms with Gasteiger partial charge in [0.15, 0.2) is 11.5 Å². The summed E-state index contributed by atoms with van der Waals surface area (Å²) in [6.45, 7) is -1.68. The van der Waals surface area contributed by atoms with Gasteiger partial charge in [-0.25, -0.2) is 0 Å². The van der Waals surface area contributed by atoms with Gasteiger partial charge in [0.1, 0.15) is 18.4 Å². The molecule has 2 rings (SSSR count). The first-order valence-corrected chi connectivity index (χ1v) is 4.85. The Hall–Kier alpha value is -1.41. The highest BCUT2D eigenvalue weighted by atomic mass is 35.5. The van der Waals surface area contributed by atoms with E-state index < -0.39 is 12.8 Å². The maximum Gasteiger partial charge on any atom is 0.411 e. The second-order valence-electron chi connectivity index (χ2n) is 3.15. The first-order valence-electron chi connectivity index (χ1n) is 4.47. The predicted molar refractivity (Wildman–Crippen MR) is 51.5 cm³/mol. The van der Waals surface area contributed by atoms with Crippen molar-refractivity contribution in [2.45, 2.75) is 12.8 Å². The number of alkyl halides is 3. The van der Waals surface area contributed by atoms with Crippen LogP contribution in [0.25, 0.3) is 5.65 Å². The molecule has 0 saturated carbocycles. The molecule has 0 unspecified atom stereocenters. The number of halogens is 4. The lowest BCUT2D eigenvalue weighted by atomic mass is 10.5. The van der Waals surface area contributed by atoms with E-state index in [-0.39, 0.29) is 17.6 Å². The van der Waals surface area contributed by atoms with Crippen LogP contribution in [0.15, 0.2) is 12.1 Å². The van der Waals surface area contributed by atoms with Gasteiger partial charge in [0.2, 0.25) is 0 Å². The highest BCUT2D eigenvalue weighted by molar-refractivity contribution is 6.29. The van der Waals surface area contributed by atoms with Gasteiger partial charge in [0, 0.05) is 0 Å². The molecule has 0 spiro atoms. The van der Waals surface area contributed by atoms with E-state index >= 15 is 0 Å². The minimum Gasteiger partial charge on any atom is -0.364 e. The zero-order valence-corrected chi connectivity index (χ0v) is 9.03. The normalized spacial score (nSPS) is 12.2. The van der Waals surface area contributed by atoms with Crippen molar-refractivity contribution >= 4 is 17.2 Å². The van der Waals surface area contributed by atoms with Gasteiger partial charge in [-0.15, -0.1) is 10.2 Å². The van der Waals surface area contributed by atoms with Crippen LogP contribution in [0.3, 0.4) is 0 Å². The molecule has 0 aliphatic carbocycles. The van der Waals surface area contributed by atoms with E-state index in [0.717, 1.165) is 0 Å². The van der Waals surface area contributed by atoms with Crippen molar-refractivity contribution < 1.29 is 17.9 Å². The van der Waals surface area contributed by atoms with Gasteiger partial charge < -0.3 is 4.74 Å². The lowest BCUT2D eigenvalue weighted by Gasteiger charge is -2.06. The summed E-state index contributed by atoms with van der Waals surface area (Å²) in [5, 5.41) is 11.4. The minimum absolute atomic E-state index is 0.159. The Labute approximate surface area is 98.2 Å². The fourth-order valence-corrected chi connectivity index (χ4v) is 1.30. The standard InChI is InChI=1S/C8H6ClF3N4O/c9-5-1-2-6-13-14-7(16(6)15-5)3-17-4-8(10,11)12/h1-2H,3-4H2. The number of hydrogen-bond donors (Lipinski definition) is 0. The van der Waals surface area contributed by atoms with Crippen LogP contribution < -0.4 is 0 Å². The van der Waals surface area contributed by atoms with E-state index in [9.17, 15) is 13.2 Å². The average molecular weight is 267 g/mol. The second-order valence-corrected chi connectivity index (χ2v) is 3.54. The fourth-order valence-electron chi connectivity index (χ4n) is 1.16. The molecular weight excluding hydrogens is 261 g/mol. The van der Waals surface area contributed by atoms with E-state index in [2.05, 4.69) is 20.0 Å². The molecule has 0 saturated heterocycles. The third-order valence-corrected chi connectivity index (χ3v) is 1.99. The highest BCUT2D eigenvalue weighted by Gasteiger charge is 2.27. The molecule has 9 heteroatoms. The van der Waals surface area contributed by atoms with Gasteiger partial charge in [-0.05, 0) is 12.1 Å². The van der Waals surface area contributed by atoms with Crippen molar-refractivity contribution in [1.29, 1.82) is 0 Å². The van der Waals surface area contributed by atoms with Gasteiger partial charge in [0.05, 0.1) is 0 Å². The molecular formula is C8H6ClF3N4O. The minimum atomic E-state index is -4.37. The largest absolute Gasteiger partial charge is 0.411 e. The van der Waals surface area contributed by atoms with Gasteiger partial charge >= 0.3 is 6.18 Å². The summed E-state index contributed by atoms with van der Waals surface area (Å²) in [5.41, 5.74) is 0.389. The summed E-state index contributed by atoms with van der Waals surface area (Å²) in [4.78, 5) is 0. The first kappa shape index (κ1) is 12.1. The molecule has 0 amide bonds. The Kier molecular flexibility index (Phi) is 3.16. The van der Waals surface area contributed by atoms with Gasteiger partial charge in [-0.2, -0.15) is 22.8 Å². The van der Waals surface area contributed by atoms with Crippen LogP contribution in [0.4, 0.5) is 13.2 Å². The Morgan fingerprint density at radius 3 is 2.76 bits per heavy atom. The summed E-state index contributed by atoms with van der Waals surface area (Å²) < 4.78 is 41.3. The number of nitrogens with zero attached hydrogens (tertiary/aromatic N) is 4. The van der Waals surface area contributed by atoms with Gasteiger partial charge in [-0.1, -0.05) is 11.6 Å². The number of fused-ring (bicyclic) bond motifs is 1. The predicted octanol–water partition coefficient (Wildman–Crippen LogP) is 1.86. The van der Waals surface area contributed by atoms with E-state index in [0.29, 0.717) is 5.65 Å². The highest BCUT2D eigenvalue weighted by Crippen LogP contribution is 2.15. The first-order chi connectivity index (χ1) is 7.96. The smallest absolute Gasteiger partial charge is 0.364 e. The second kappa shape index (κ2) is 4.46. The Morgan fingerprint density at radius 2 is 2.06 bits per heavy atom. The lowest BCUT2D eigenvalue weighted by Crippen LogP contribution is -2.17. The summed E-state index contributed by atoms with van der Waals surface area (Å²) >= 11 is 5.65. The number of hydrogen-bond acceptors (Lipinski definition) is 4. The van der Waals surface area contributed by atoms with Crippen molar-refractivity contribution in [1.82, 2.24) is 19.8 Å². The molecule has 2 aromatic heterocycles. The molecule has 92 valence electrons. The Morgan fingerprint density at radius 1 is 1.29 bits per heavy atom. The number of ether oxygens (including phenoxy) is 1. The molecule has 0 aliphatic heterocycles. The van der Waals surface area contributed by atoms with E-state index in [1.807, 2.05) is 0 Å². The topological polar surface area (TPSA) is 52.3 Å². The summed E-state index contributed by atoms with van der Waals surface area (Å²) in [7, 11) is 0.